The van der Waals surface area contributed by atoms with Gasteiger partial charge in [0.25, 0.3) is 0 Å². The number of carbonyl (C=O) groups excluding carboxylic acids is 1. The number of nitrogens with zero attached hydrogens (tertiary/aromatic N) is 1. The first kappa shape index (κ1) is 13.9. The van der Waals surface area contributed by atoms with Gasteiger partial charge in [-0.05, 0) is 12.1 Å². The summed E-state index contributed by atoms with van der Waals surface area (Å²) in [5.74, 6) is -0.260. The summed E-state index contributed by atoms with van der Waals surface area (Å²) >= 11 is 0. The molecular weight excluding hydrogens is 251 g/mol. The fourth-order valence-corrected chi connectivity index (χ4v) is 1.18. The van der Waals surface area contributed by atoms with Crippen molar-refractivity contribution in [1.29, 1.82) is 0 Å². The summed E-state index contributed by atoms with van der Waals surface area (Å²) in [5.41, 5.74) is 9.19. The van der Waals surface area contributed by atoms with E-state index in [1.165, 1.54) is 0 Å². The van der Waals surface area contributed by atoms with E-state index in [2.05, 4.69) is 15.6 Å². The fourth-order valence-electron chi connectivity index (χ4n) is 1.18. The quantitative estimate of drug-likeness (QED) is 0.602. The number of nitrogen functional groups attached to an aromatic ring is 1. The van der Waals surface area contributed by atoms with Gasteiger partial charge in [0.05, 0.1) is 5.56 Å². The summed E-state index contributed by atoms with van der Waals surface area (Å²) in [4.78, 5) is 14.0. The van der Waals surface area contributed by atoms with E-state index in [4.69, 9.17) is 11.5 Å². The molecule has 0 saturated heterocycles. The van der Waals surface area contributed by atoms with Crippen molar-refractivity contribution in [2.75, 3.05) is 24.1 Å². The molecular formula is C9H12F3N5O. The molecule has 0 bridgehead atoms. The Bertz CT molecular complexity index is 435. The van der Waals surface area contributed by atoms with Crippen molar-refractivity contribution in [1.82, 2.24) is 10.3 Å². The van der Waals surface area contributed by atoms with Crippen LogP contribution in [0.2, 0.25) is 0 Å². The Balaban J connectivity index is 2.66. The van der Waals surface area contributed by atoms with Gasteiger partial charge >= 0.3 is 12.2 Å². The first-order chi connectivity index (χ1) is 8.29. The lowest BCUT2D eigenvalue weighted by atomic mass is 10.2. The zero-order chi connectivity index (χ0) is 13.8. The van der Waals surface area contributed by atoms with E-state index in [1.54, 1.807) is 0 Å². The number of primary amides is 1. The zero-order valence-electron chi connectivity index (χ0n) is 9.21. The summed E-state index contributed by atoms with van der Waals surface area (Å²) < 4.78 is 37.4. The topological polar surface area (TPSA) is 106 Å². The average molecular weight is 263 g/mol. The molecule has 6 nitrogen and oxygen atoms in total. The Labute approximate surface area is 101 Å². The number of halogens is 3. The normalized spacial score (nSPS) is 11.1. The summed E-state index contributed by atoms with van der Waals surface area (Å²) in [6.45, 7) is 0.337. The number of nitrogens with one attached hydrogen (secondary N) is 2. The highest BCUT2D eigenvalue weighted by Crippen LogP contribution is 2.31. The van der Waals surface area contributed by atoms with E-state index >= 15 is 0 Å². The highest BCUT2D eigenvalue weighted by atomic mass is 19.4. The lowest BCUT2D eigenvalue weighted by Gasteiger charge is -2.11. The number of alkyl halides is 3. The molecule has 18 heavy (non-hydrogen) atoms. The first-order valence-corrected chi connectivity index (χ1v) is 4.91. The molecule has 0 aromatic carbocycles. The predicted octanol–water partition coefficient (Wildman–Crippen LogP) is 0.763. The third-order valence-electron chi connectivity index (χ3n) is 1.90. The molecule has 0 spiro atoms. The summed E-state index contributed by atoms with van der Waals surface area (Å²) in [6, 6.07) is 0.862. The number of amides is 2. The minimum atomic E-state index is -4.49. The smallest absolute Gasteiger partial charge is 0.384 e. The standard InChI is InChI=1S/C9H12F3N5O/c10-9(11,12)5-3-6(13)17-7(4-5)15-1-2-16-8(14)18/h3-4H,1-2H2,(H3,13,15,17)(H3,14,16,18). The molecule has 0 fully saturated rings. The van der Waals surface area contributed by atoms with E-state index < -0.39 is 17.8 Å². The Hall–Kier alpha value is -2.19. The zero-order valence-corrected chi connectivity index (χ0v) is 9.21. The largest absolute Gasteiger partial charge is 0.416 e. The minimum Gasteiger partial charge on any atom is -0.384 e. The molecule has 0 aliphatic heterocycles. The van der Waals surface area contributed by atoms with Crippen molar-refractivity contribution >= 4 is 17.7 Å². The second kappa shape index (κ2) is 5.43. The van der Waals surface area contributed by atoms with Crippen LogP contribution in [0, 0.1) is 0 Å². The Kier molecular flexibility index (Phi) is 4.18. The predicted molar refractivity (Wildman–Crippen MR) is 59.7 cm³/mol. The number of rotatable bonds is 4. The second-order valence-electron chi connectivity index (χ2n) is 3.38. The van der Waals surface area contributed by atoms with Gasteiger partial charge in [0.2, 0.25) is 0 Å². The molecule has 1 heterocycles. The summed E-state index contributed by atoms with van der Waals surface area (Å²) in [7, 11) is 0. The lowest BCUT2D eigenvalue weighted by Crippen LogP contribution is -2.33. The van der Waals surface area contributed by atoms with Gasteiger partial charge in [0, 0.05) is 13.1 Å². The molecule has 1 rings (SSSR count). The maximum atomic E-state index is 12.5. The molecule has 0 aliphatic rings. The van der Waals surface area contributed by atoms with E-state index in [1.807, 2.05) is 0 Å². The van der Waals surface area contributed by atoms with Crippen LogP contribution in [0.3, 0.4) is 0 Å². The van der Waals surface area contributed by atoms with Crippen molar-refractivity contribution in [3.8, 4) is 0 Å². The molecule has 1 aromatic rings. The molecule has 0 unspecified atom stereocenters. The molecule has 0 radical (unpaired) electrons. The van der Waals surface area contributed by atoms with E-state index in [0.717, 1.165) is 12.1 Å². The highest BCUT2D eigenvalue weighted by molar-refractivity contribution is 5.71. The van der Waals surface area contributed by atoms with E-state index in [-0.39, 0.29) is 24.7 Å². The van der Waals surface area contributed by atoms with Gasteiger partial charge in [-0.3, -0.25) is 0 Å². The van der Waals surface area contributed by atoms with Crippen LogP contribution < -0.4 is 22.1 Å². The number of hydrogen-bond acceptors (Lipinski definition) is 4. The number of carbonyl (C=O) groups is 1. The van der Waals surface area contributed by atoms with Crippen LogP contribution in [0.1, 0.15) is 5.56 Å². The first-order valence-electron chi connectivity index (χ1n) is 4.91. The van der Waals surface area contributed by atoms with Gasteiger partial charge in [0.15, 0.2) is 0 Å². The van der Waals surface area contributed by atoms with Gasteiger partial charge in [-0.1, -0.05) is 0 Å². The maximum Gasteiger partial charge on any atom is 0.416 e. The Morgan fingerprint density at radius 2 is 2.00 bits per heavy atom. The number of aromatic nitrogens is 1. The van der Waals surface area contributed by atoms with E-state index in [0.29, 0.717) is 0 Å². The average Bonchev–Trinajstić information content (AvgIpc) is 2.22. The Morgan fingerprint density at radius 1 is 1.33 bits per heavy atom. The highest BCUT2D eigenvalue weighted by Gasteiger charge is 2.31. The van der Waals surface area contributed by atoms with Crippen molar-refractivity contribution in [2.24, 2.45) is 5.73 Å². The van der Waals surface area contributed by atoms with Crippen LogP contribution in [0.15, 0.2) is 12.1 Å². The van der Waals surface area contributed by atoms with Gasteiger partial charge in [-0.25, -0.2) is 9.78 Å². The lowest BCUT2D eigenvalue weighted by molar-refractivity contribution is -0.137. The van der Waals surface area contributed by atoms with Crippen LogP contribution in [0.5, 0.6) is 0 Å². The van der Waals surface area contributed by atoms with Crippen molar-refractivity contribution < 1.29 is 18.0 Å². The van der Waals surface area contributed by atoms with Crippen molar-refractivity contribution in [2.45, 2.75) is 6.18 Å². The van der Waals surface area contributed by atoms with Crippen molar-refractivity contribution in [3.63, 3.8) is 0 Å². The molecule has 2 amide bonds. The fraction of sp³-hybridized carbons (Fsp3) is 0.333. The molecule has 9 heteroatoms. The number of hydrogen-bond donors (Lipinski definition) is 4. The molecule has 0 aliphatic carbocycles. The maximum absolute atomic E-state index is 12.5. The monoisotopic (exact) mass is 263 g/mol. The SMILES string of the molecule is NC(=O)NCCNc1cc(C(F)(F)F)cc(N)n1. The van der Waals surface area contributed by atoms with Gasteiger partial charge in [-0.2, -0.15) is 13.2 Å². The van der Waals surface area contributed by atoms with Gasteiger partial charge in [0.1, 0.15) is 11.6 Å². The molecule has 6 N–H and O–H groups in total. The summed E-state index contributed by atoms with van der Waals surface area (Å²) in [5, 5.41) is 4.86. The number of anilines is 2. The minimum absolute atomic E-state index is 0.0198. The van der Waals surface area contributed by atoms with Gasteiger partial charge < -0.3 is 22.1 Å². The van der Waals surface area contributed by atoms with Crippen LogP contribution in [0.25, 0.3) is 0 Å². The number of pyridine rings is 1. The summed E-state index contributed by atoms with van der Waals surface area (Å²) in [6.07, 6.45) is -4.49. The van der Waals surface area contributed by atoms with Crippen LogP contribution >= 0.6 is 0 Å². The van der Waals surface area contributed by atoms with E-state index in [9.17, 15) is 18.0 Å². The number of urea groups is 1. The molecule has 0 atom stereocenters. The Morgan fingerprint density at radius 3 is 2.56 bits per heavy atom. The molecule has 100 valence electrons. The molecule has 1 aromatic heterocycles. The van der Waals surface area contributed by atoms with Crippen LogP contribution in [-0.2, 0) is 6.18 Å². The third kappa shape index (κ3) is 4.36. The molecule has 0 saturated carbocycles. The number of nitrogens with two attached hydrogens (primary N) is 2. The van der Waals surface area contributed by atoms with Gasteiger partial charge in [-0.15, -0.1) is 0 Å². The third-order valence-corrected chi connectivity index (χ3v) is 1.90. The second-order valence-corrected chi connectivity index (χ2v) is 3.38. The van der Waals surface area contributed by atoms with Crippen LogP contribution in [0.4, 0.5) is 29.6 Å². The van der Waals surface area contributed by atoms with Crippen LogP contribution in [-0.4, -0.2) is 24.1 Å². The van der Waals surface area contributed by atoms with Crippen molar-refractivity contribution in [3.05, 3.63) is 17.7 Å².